The van der Waals surface area contributed by atoms with Crippen molar-refractivity contribution in [1.82, 2.24) is 14.9 Å². The van der Waals surface area contributed by atoms with Gasteiger partial charge in [0, 0.05) is 48.9 Å². The summed E-state index contributed by atoms with van der Waals surface area (Å²) in [5.74, 6) is 1.47. The summed E-state index contributed by atoms with van der Waals surface area (Å²) in [5.41, 5.74) is 3.37. The van der Waals surface area contributed by atoms with Crippen molar-refractivity contribution >= 4 is 17.5 Å². The first kappa shape index (κ1) is 20.8. The number of piperidine rings is 1. The number of amides is 1. The van der Waals surface area contributed by atoms with Gasteiger partial charge in [0.05, 0.1) is 7.11 Å². The monoisotopic (exact) mass is 418 g/mol. The molecular formula is C24H26N4O3. The van der Waals surface area contributed by atoms with Gasteiger partial charge in [-0.25, -0.2) is 9.97 Å². The van der Waals surface area contributed by atoms with Gasteiger partial charge < -0.3 is 20.1 Å². The molecule has 4 rings (SSSR count). The number of benzene rings is 2. The minimum absolute atomic E-state index is 0.00444. The first-order chi connectivity index (χ1) is 15.2. The van der Waals surface area contributed by atoms with E-state index in [4.69, 9.17) is 4.74 Å². The fourth-order valence-corrected chi connectivity index (χ4v) is 3.73. The van der Waals surface area contributed by atoms with E-state index in [1.165, 1.54) is 0 Å². The Morgan fingerprint density at radius 3 is 2.45 bits per heavy atom. The summed E-state index contributed by atoms with van der Waals surface area (Å²) in [4.78, 5) is 23.3. The third kappa shape index (κ3) is 5.00. The van der Waals surface area contributed by atoms with Crippen LogP contribution in [0.1, 0.15) is 23.2 Å². The molecule has 1 unspecified atom stereocenters. The van der Waals surface area contributed by atoms with Crippen LogP contribution in [0.25, 0.3) is 11.1 Å². The number of nitrogens with zero attached hydrogens (tertiary/aromatic N) is 3. The molecule has 160 valence electrons. The van der Waals surface area contributed by atoms with Gasteiger partial charge in [0.2, 0.25) is 5.95 Å². The number of anilines is 2. The topological polar surface area (TPSA) is 87.6 Å². The molecule has 1 fully saturated rings. The molecule has 7 nitrogen and oxygen atoms in total. The first-order valence-corrected chi connectivity index (χ1v) is 10.4. The molecule has 1 aromatic heterocycles. The number of rotatable bonds is 6. The van der Waals surface area contributed by atoms with Crippen molar-refractivity contribution in [1.29, 1.82) is 0 Å². The van der Waals surface area contributed by atoms with Gasteiger partial charge >= 0.3 is 0 Å². The summed E-state index contributed by atoms with van der Waals surface area (Å²) in [5, 5.41) is 12.5. The lowest BCUT2D eigenvalue weighted by Crippen LogP contribution is -2.40. The summed E-state index contributed by atoms with van der Waals surface area (Å²) in [6.07, 6.45) is 5.44. The Morgan fingerprint density at radius 1 is 1.10 bits per heavy atom. The molecule has 0 radical (unpaired) electrons. The largest absolute Gasteiger partial charge is 0.497 e. The van der Waals surface area contributed by atoms with Crippen LogP contribution in [0, 0.1) is 5.92 Å². The van der Waals surface area contributed by atoms with Crippen LogP contribution in [-0.4, -0.2) is 52.7 Å². The zero-order valence-corrected chi connectivity index (χ0v) is 17.5. The van der Waals surface area contributed by atoms with Gasteiger partial charge in [-0.15, -0.1) is 0 Å². The van der Waals surface area contributed by atoms with E-state index in [0.29, 0.717) is 18.1 Å². The SMILES string of the molecule is COc1ccc(-c2cnc(Nc3ccc(C(=O)N4CCCC(CO)C4)cc3)nc2)cc1. The van der Waals surface area contributed by atoms with E-state index in [1.54, 1.807) is 31.6 Å². The lowest BCUT2D eigenvalue weighted by molar-refractivity contribution is 0.0620. The second-order valence-electron chi connectivity index (χ2n) is 7.67. The van der Waals surface area contributed by atoms with Crippen LogP contribution in [-0.2, 0) is 0 Å². The summed E-state index contributed by atoms with van der Waals surface area (Å²) in [7, 11) is 1.64. The number of ether oxygens (including phenoxy) is 1. The standard InChI is InChI=1S/C24H26N4O3/c1-31-22-10-6-18(7-11-22)20-13-25-24(26-14-20)27-21-8-4-19(5-9-21)23(30)28-12-2-3-17(15-28)16-29/h4-11,13-14,17,29H,2-3,12,15-16H2,1H3,(H,25,26,27). The molecule has 31 heavy (non-hydrogen) atoms. The molecule has 0 saturated carbocycles. The Hall–Kier alpha value is -3.45. The fourth-order valence-electron chi connectivity index (χ4n) is 3.73. The maximum absolute atomic E-state index is 12.7. The summed E-state index contributed by atoms with van der Waals surface area (Å²) >= 11 is 0. The molecule has 0 spiro atoms. The number of methoxy groups -OCH3 is 1. The molecule has 1 atom stereocenters. The van der Waals surface area contributed by atoms with Crippen molar-refractivity contribution in [3.8, 4) is 16.9 Å². The molecule has 1 aliphatic heterocycles. The molecule has 2 N–H and O–H groups in total. The number of hydrogen-bond donors (Lipinski definition) is 2. The normalized spacial score (nSPS) is 16.1. The highest BCUT2D eigenvalue weighted by Crippen LogP contribution is 2.23. The van der Waals surface area contributed by atoms with E-state index in [0.717, 1.165) is 42.0 Å². The molecule has 7 heteroatoms. The summed E-state index contributed by atoms with van der Waals surface area (Å²) in [6, 6.07) is 15.0. The van der Waals surface area contributed by atoms with Crippen LogP contribution in [0.3, 0.4) is 0 Å². The molecule has 1 aliphatic rings. The van der Waals surface area contributed by atoms with E-state index in [2.05, 4.69) is 15.3 Å². The Labute approximate surface area is 181 Å². The zero-order chi connectivity index (χ0) is 21.6. The van der Waals surface area contributed by atoms with Gasteiger partial charge in [-0.05, 0) is 60.7 Å². The molecule has 1 saturated heterocycles. The van der Waals surface area contributed by atoms with E-state index in [1.807, 2.05) is 41.3 Å². The van der Waals surface area contributed by atoms with Crippen LogP contribution >= 0.6 is 0 Å². The fraction of sp³-hybridized carbons (Fsp3) is 0.292. The average molecular weight is 418 g/mol. The van der Waals surface area contributed by atoms with Gasteiger partial charge in [0.15, 0.2) is 0 Å². The van der Waals surface area contributed by atoms with Crippen molar-refractivity contribution in [3.05, 3.63) is 66.5 Å². The van der Waals surface area contributed by atoms with E-state index < -0.39 is 0 Å². The average Bonchev–Trinajstić information content (AvgIpc) is 2.84. The summed E-state index contributed by atoms with van der Waals surface area (Å²) in [6.45, 7) is 1.48. The zero-order valence-electron chi connectivity index (χ0n) is 17.5. The summed E-state index contributed by atoms with van der Waals surface area (Å²) < 4.78 is 5.18. The number of hydrogen-bond acceptors (Lipinski definition) is 6. The van der Waals surface area contributed by atoms with Crippen molar-refractivity contribution in [2.24, 2.45) is 5.92 Å². The second-order valence-corrected chi connectivity index (χ2v) is 7.67. The van der Waals surface area contributed by atoms with E-state index in [9.17, 15) is 9.90 Å². The minimum Gasteiger partial charge on any atom is -0.497 e. The highest BCUT2D eigenvalue weighted by Gasteiger charge is 2.23. The molecule has 0 bridgehead atoms. The van der Waals surface area contributed by atoms with Gasteiger partial charge in [0.25, 0.3) is 5.91 Å². The van der Waals surface area contributed by atoms with E-state index >= 15 is 0 Å². The molecular weight excluding hydrogens is 392 g/mol. The smallest absolute Gasteiger partial charge is 0.253 e. The second kappa shape index (κ2) is 9.57. The van der Waals surface area contributed by atoms with Gasteiger partial charge in [-0.2, -0.15) is 0 Å². The maximum Gasteiger partial charge on any atom is 0.253 e. The number of carbonyl (C=O) groups excluding carboxylic acids is 1. The number of aliphatic hydroxyl groups excluding tert-OH is 1. The van der Waals surface area contributed by atoms with Crippen LogP contribution in [0.2, 0.25) is 0 Å². The molecule has 2 aromatic carbocycles. The molecule has 0 aliphatic carbocycles. The molecule has 1 amide bonds. The first-order valence-electron chi connectivity index (χ1n) is 10.4. The lowest BCUT2D eigenvalue weighted by atomic mass is 9.98. The Balaban J connectivity index is 1.39. The number of likely N-dealkylation sites (tertiary alicyclic amines) is 1. The van der Waals surface area contributed by atoms with Crippen molar-refractivity contribution in [2.45, 2.75) is 12.8 Å². The quantitative estimate of drug-likeness (QED) is 0.634. The van der Waals surface area contributed by atoms with Crippen LogP contribution < -0.4 is 10.1 Å². The van der Waals surface area contributed by atoms with Crippen molar-refractivity contribution < 1.29 is 14.6 Å². The van der Waals surface area contributed by atoms with Gasteiger partial charge in [-0.1, -0.05) is 12.1 Å². The minimum atomic E-state index is 0.00444. The number of aliphatic hydroxyl groups is 1. The number of nitrogens with one attached hydrogen (secondary N) is 1. The Bertz CT molecular complexity index is 1000. The van der Waals surface area contributed by atoms with Crippen LogP contribution in [0.4, 0.5) is 11.6 Å². The van der Waals surface area contributed by atoms with E-state index in [-0.39, 0.29) is 18.4 Å². The number of aromatic nitrogens is 2. The number of carbonyl (C=O) groups is 1. The third-order valence-corrected chi connectivity index (χ3v) is 5.53. The van der Waals surface area contributed by atoms with Gasteiger partial charge in [0.1, 0.15) is 5.75 Å². The van der Waals surface area contributed by atoms with Crippen molar-refractivity contribution in [3.63, 3.8) is 0 Å². The van der Waals surface area contributed by atoms with Crippen molar-refractivity contribution in [2.75, 3.05) is 32.1 Å². The predicted octanol–water partition coefficient (Wildman–Crippen LogP) is 3.74. The lowest BCUT2D eigenvalue weighted by Gasteiger charge is -2.31. The molecule has 3 aromatic rings. The molecule has 2 heterocycles. The highest BCUT2D eigenvalue weighted by atomic mass is 16.5. The Morgan fingerprint density at radius 2 is 1.81 bits per heavy atom. The Kier molecular flexibility index (Phi) is 6.43. The van der Waals surface area contributed by atoms with Crippen LogP contribution in [0.5, 0.6) is 5.75 Å². The highest BCUT2D eigenvalue weighted by molar-refractivity contribution is 5.94. The third-order valence-electron chi connectivity index (χ3n) is 5.53. The maximum atomic E-state index is 12.7. The van der Waals surface area contributed by atoms with Gasteiger partial charge in [-0.3, -0.25) is 4.79 Å². The van der Waals surface area contributed by atoms with Crippen LogP contribution in [0.15, 0.2) is 60.9 Å². The predicted molar refractivity (Wildman–Crippen MR) is 119 cm³/mol.